The highest BCUT2D eigenvalue weighted by Gasteiger charge is 2.44. The molecule has 5 heteroatoms. The molecule has 1 unspecified atom stereocenters. The maximum atomic E-state index is 13.1. The number of hydrogen-bond donors (Lipinski definition) is 0. The largest absolute Gasteiger partial charge is 0.400 e. The van der Waals surface area contributed by atoms with E-state index < -0.39 is 12.4 Å². The van der Waals surface area contributed by atoms with Gasteiger partial charge in [0.2, 0.25) is 6.30 Å². The summed E-state index contributed by atoms with van der Waals surface area (Å²) >= 11 is 0. The SMILES string of the molecule is COC(F)(F)C(F)N1CCCCC1. The highest BCUT2D eigenvalue weighted by Crippen LogP contribution is 2.27. The van der Waals surface area contributed by atoms with Crippen LogP contribution in [0.2, 0.25) is 0 Å². The third kappa shape index (κ3) is 2.57. The molecule has 0 spiro atoms. The van der Waals surface area contributed by atoms with Gasteiger partial charge in [-0.25, -0.2) is 4.39 Å². The van der Waals surface area contributed by atoms with Gasteiger partial charge in [0.05, 0.1) is 0 Å². The van der Waals surface area contributed by atoms with E-state index in [1.807, 2.05) is 0 Å². The minimum atomic E-state index is -3.68. The Bertz CT molecular complexity index is 159. The zero-order valence-electron chi connectivity index (χ0n) is 7.60. The topological polar surface area (TPSA) is 12.5 Å². The minimum absolute atomic E-state index is 0.389. The van der Waals surface area contributed by atoms with Crippen LogP contribution in [0.25, 0.3) is 0 Å². The molecule has 1 aliphatic rings. The first-order valence-electron chi connectivity index (χ1n) is 4.39. The number of likely N-dealkylation sites (tertiary alicyclic amines) is 1. The average Bonchev–Trinajstić information content (AvgIpc) is 2.18. The van der Waals surface area contributed by atoms with Crippen LogP contribution in [-0.4, -0.2) is 37.5 Å². The molecule has 2 nitrogen and oxygen atoms in total. The summed E-state index contributed by atoms with van der Waals surface area (Å²) in [5.41, 5.74) is 0. The van der Waals surface area contributed by atoms with Crippen LogP contribution in [0.1, 0.15) is 19.3 Å². The Morgan fingerprint density at radius 2 is 1.77 bits per heavy atom. The molecule has 0 aromatic carbocycles. The molecule has 0 amide bonds. The Morgan fingerprint density at radius 1 is 1.23 bits per heavy atom. The van der Waals surface area contributed by atoms with E-state index in [4.69, 9.17) is 0 Å². The molecule has 0 saturated carbocycles. The monoisotopic (exact) mass is 197 g/mol. The maximum absolute atomic E-state index is 13.1. The second kappa shape index (κ2) is 4.28. The molecule has 1 atom stereocenters. The van der Waals surface area contributed by atoms with Crippen molar-refractivity contribution in [3.8, 4) is 0 Å². The summed E-state index contributed by atoms with van der Waals surface area (Å²) in [6.07, 6.45) is -3.45. The minimum Gasteiger partial charge on any atom is -0.320 e. The molecule has 1 fully saturated rings. The van der Waals surface area contributed by atoms with Gasteiger partial charge in [0, 0.05) is 20.2 Å². The van der Waals surface area contributed by atoms with Gasteiger partial charge < -0.3 is 4.74 Å². The summed E-state index contributed by atoms with van der Waals surface area (Å²) in [6.45, 7) is 0.778. The van der Waals surface area contributed by atoms with Gasteiger partial charge in [0.15, 0.2) is 0 Å². The third-order valence-corrected chi connectivity index (χ3v) is 2.26. The Labute approximate surface area is 75.7 Å². The van der Waals surface area contributed by atoms with Crippen LogP contribution in [-0.2, 0) is 4.74 Å². The Balaban J connectivity index is 2.49. The van der Waals surface area contributed by atoms with E-state index in [0.29, 0.717) is 13.1 Å². The molecule has 78 valence electrons. The van der Waals surface area contributed by atoms with Crippen LogP contribution in [0, 0.1) is 0 Å². The molecule has 1 heterocycles. The number of nitrogens with zero attached hydrogens (tertiary/aromatic N) is 1. The van der Waals surface area contributed by atoms with Crippen molar-refractivity contribution in [2.24, 2.45) is 0 Å². The first-order valence-corrected chi connectivity index (χ1v) is 4.39. The molecule has 13 heavy (non-hydrogen) atoms. The van der Waals surface area contributed by atoms with E-state index >= 15 is 0 Å². The van der Waals surface area contributed by atoms with E-state index in [-0.39, 0.29) is 0 Å². The fraction of sp³-hybridized carbons (Fsp3) is 1.00. The quantitative estimate of drug-likeness (QED) is 0.642. The number of methoxy groups -OCH3 is 1. The molecule has 0 aromatic heterocycles. The van der Waals surface area contributed by atoms with Crippen molar-refractivity contribution in [1.82, 2.24) is 4.90 Å². The second-order valence-electron chi connectivity index (χ2n) is 3.20. The molecule has 0 radical (unpaired) electrons. The summed E-state index contributed by atoms with van der Waals surface area (Å²) in [7, 11) is 0.816. The third-order valence-electron chi connectivity index (χ3n) is 2.26. The first kappa shape index (κ1) is 10.8. The first-order chi connectivity index (χ1) is 6.08. The highest BCUT2D eigenvalue weighted by atomic mass is 19.3. The zero-order valence-corrected chi connectivity index (χ0v) is 7.60. The predicted octanol–water partition coefficient (Wildman–Crippen LogP) is 2.01. The van der Waals surface area contributed by atoms with Crippen molar-refractivity contribution in [2.45, 2.75) is 31.7 Å². The summed E-state index contributed by atoms with van der Waals surface area (Å²) in [6, 6.07) is 0. The molecule has 0 aliphatic carbocycles. The van der Waals surface area contributed by atoms with Gasteiger partial charge in [-0.1, -0.05) is 6.42 Å². The van der Waals surface area contributed by atoms with Crippen molar-refractivity contribution >= 4 is 0 Å². The van der Waals surface area contributed by atoms with E-state index in [1.54, 1.807) is 0 Å². The van der Waals surface area contributed by atoms with Crippen LogP contribution < -0.4 is 0 Å². The van der Waals surface area contributed by atoms with Crippen molar-refractivity contribution in [3.05, 3.63) is 0 Å². The normalized spacial score (nSPS) is 23.1. The van der Waals surface area contributed by atoms with Crippen LogP contribution in [0.5, 0.6) is 0 Å². The van der Waals surface area contributed by atoms with Gasteiger partial charge in [0.25, 0.3) is 0 Å². The summed E-state index contributed by atoms with van der Waals surface area (Å²) in [5.74, 6) is 0. The highest BCUT2D eigenvalue weighted by molar-refractivity contribution is 4.73. The number of hydrogen-bond acceptors (Lipinski definition) is 2. The van der Waals surface area contributed by atoms with E-state index in [1.165, 1.54) is 0 Å². The van der Waals surface area contributed by atoms with E-state index in [0.717, 1.165) is 31.3 Å². The lowest BCUT2D eigenvalue weighted by molar-refractivity contribution is -0.290. The van der Waals surface area contributed by atoms with Gasteiger partial charge in [-0.05, 0) is 12.8 Å². The number of ether oxygens (including phenoxy) is 1. The molecule has 1 aliphatic heterocycles. The van der Waals surface area contributed by atoms with Gasteiger partial charge in [-0.2, -0.15) is 8.78 Å². The predicted molar refractivity (Wildman–Crippen MR) is 42.3 cm³/mol. The molecular weight excluding hydrogens is 183 g/mol. The van der Waals surface area contributed by atoms with Crippen LogP contribution in [0.3, 0.4) is 0 Å². The van der Waals surface area contributed by atoms with Crippen LogP contribution in [0.15, 0.2) is 0 Å². The maximum Gasteiger partial charge on any atom is 0.400 e. The van der Waals surface area contributed by atoms with Crippen LogP contribution in [0.4, 0.5) is 13.2 Å². The lowest BCUT2D eigenvalue weighted by Crippen LogP contribution is -2.48. The zero-order chi connectivity index (χ0) is 9.90. The number of piperidine rings is 1. The molecule has 1 rings (SSSR count). The lowest BCUT2D eigenvalue weighted by Gasteiger charge is -2.32. The van der Waals surface area contributed by atoms with Gasteiger partial charge in [-0.15, -0.1) is 0 Å². The van der Waals surface area contributed by atoms with E-state index in [9.17, 15) is 13.2 Å². The van der Waals surface area contributed by atoms with Crippen molar-refractivity contribution < 1.29 is 17.9 Å². The second-order valence-corrected chi connectivity index (χ2v) is 3.20. The molecule has 0 N–H and O–H groups in total. The van der Waals surface area contributed by atoms with Crippen molar-refractivity contribution in [2.75, 3.05) is 20.2 Å². The Hall–Kier alpha value is -0.290. The average molecular weight is 197 g/mol. The number of halogens is 3. The van der Waals surface area contributed by atoms with Crippen molar-refractivity contribution in [3.63, 3.8) is 0 Å². The Kier molecular flexibility index (Phi) is 3.55. The Morgan fingerprint density at radius 3 is 2.23 bits per heavy atom. The molecule has 0 aromatic rings. The fourth-order valence-electron chi connectivity index (χ4n) is 1.45. The van der Waals surface area contributed by atoms with Crippen molar-refractivity contribution in [1.29, 1.82) is 0 Å². The lowest BCUT2D eigenvalue weighted by atomic mass is 10.1. The fourth-order valence-corrected chi connectivity index (χ4v) is 1.45. The van der Waals surface area contributed by atoms with Gasteiger partial charge in [-0.3, -0.25) is 4.90 Å². The van der Waals surface area contributed by atoms with E-state index in [2.05, 4.69) is 4.74 Å². The number of alkyl halides is 3. The summed E-state index contributed by atoms with van der Waals surface area (Å²) in [4.78, 5) is 1.13. The summed E-state index contributed by atoms with van der Waals surface area (Å²) in [5, 5.41) is 0. The smallest absolute Gasteiger partial charge is 0.320 e. The van der Waals surface area contributed by atoms with Gasteiger partial charge >= 0.3 is 6.11 Å². The number of rotatable bonds is 3. The summed E-state index contributed by atoms with van der Waals surface area (Å²) < 4.78 is 42.3. The molecular formula is C8H14F3NO. The molecule has 0 bridgehead atoms. The standard InChI is InChI=1S/C8H14F3NO/c1-13-8(10,11)7(9)12-5-3-2-4-6-12/h7H,2-6H2,1H3. The van der Waals surface area contributed by atoms with Crippen LogP contribution >= 0.6 is 0 Å². The molecule has 1 saturated heterocycles. The van der Waals surface area contributed by atoms with Gasteiger partial charge in [0.1, 0.15) is 0 Å².